The second kappa shape index (κ2) is 14.7. The Hall–Kier alpha value is -4.24. The zero-order chi connectivity index (χ0) is 34.7. The molecule has 4 rings (SSSR count). The van der Waals surface area contributed by atoms with Gasteiger partial charge in [-0.05, 0) is 71.2 Å². The summed E-state index contributed by atoms with van der Waals surface area (Å²) in [7, 11) is 5.64. The van der Waals surface area contributed by atoms with Crippen molar-refractivity contribution in [2.24, 2.45) is 16.8 Å². The number of hydrogen-bond acceptors (Lipinski definition) is 6. The van der Waals surface area contributed by atoms with Gasteiger partial charge < -0.3 is 25.1 Å². The number of anilines is 1. The van der Waals surface area contributed by atoms with E-state index < -0.39 is 17.6 Å². The van der Waals surface area contributed by atoms with Crippen LogP contribution in [-0.4, -0.2) is 72.4 Å². The molecular weight excluding hydrogens is 596 g/mol. The van der Waals surface area contributed by atoms with Crippen LogP contribution in [0.5, 0.6) is 0 Å². The van der Waals surface area contributed by atoms with E-state index in [1.807, 2.05) is 43.9 Å². The van der Waals surface area contributed by atoms with E-state index in [-0.39, 0.29) is 23.0 Å². The van der Waals surface area contributed by atoms with Crippen molar-refractivity contribution in [3.63, 3.8) is 0 Å². The predicted octanol–water partition coefficient (Wildman–Crippen LogP) is 7.89. The molecule has 0 aromatic heterocycles. The van der Waals surface area contributed by atoms with Crippen LogP contribution in [0.2, 0.25) is 0 Å². The first-order chi connectivity index (χ1) is 22.3. The maximum atomic E-state index is 16.3. The molecule has 1 aromatic rings. The molecule has 1 atom stereocenters. The highest BCUT2D eigenvalue weighted by atomic mass is 19.2. The molecule has 3 heterocycles. The summed E-state index contributed by atoms with van der Waals surface area (Å²) < 4.78 is 31.7. The number of likely N-dealkylation sites (N-methyl/N-ethyl adjacent to an activating group) is 1. The van der Waals surface area contributed by atoms with Gasteiger partial charge in [-0.1, -0.05) is 45.1 Å². The van der Waals surface area contributed by atoms with E-state index in [2.05, 4.69) is 48.6 Å². The van der Waals surface area contributed by atoms with Crippen molar-refractivity contribution in [3.8, 4) is 0 Å². The summed E-state index contributed by atoms with van der Waals surface area (Å²) in [6.45, 7) is 18.4. The molecule has 0 aliphatic carbocycles. The summed E-state index contributed by atoms with van der Waals surface area (Å²) in [5.74, 6) is -1.94. The summed E-state index contributed by atoms with van der Waals surface area (Å²) in [4.78, 5) is 23.0. The number of halogens is 2. The number of carboxylic acid groups (broad SMARTS) is 1. The first-order valence-electron chi connectivity index (χ1n) is 16.3. The van der Waals surface area contributed by atoms with Crippen molar-refractivity contribution in [1.29, 1.82) is 0 Å². The van der Waals surface area contributed by atoms with Crippen LogP contribution in [0.1, 0.15) is 58.6 Å². The topological polar surface area (TPSA) is 71.4 Å². The smallest absolute Gasteiger partial charge is 0.339 e. The van der Waals surface area contributed by atoms with Crippen LogP contribution in [-0.2, 0) is 4.79 Å². The maximum Gasteiger partial charge on any atom is 0.339 e. The highest BCUT2D eigenvalue weighted by molar-refractivity contribution is 6.07. The predicted molar refractivity (Wildman–Crippen MR) is 189 cm³/mol. The Morgan fingerprint density at radius 1 is 1.21 bits per heavy atom. The van der Waals surface area contributed by atoms with E-state index in [9.17, 15) is 9.90 Å². The molecular formula is C38H49F2N5O2. The van der Waals surface area contributed by atoms with Gasteiger partial charge in [0, 0.05) is 78.7 Å². The second-order valence-corrected chi connectivity index (χ2v) is 13.1. The highest BCUT2D eigenvalue weighted by Crippen LogP contribution is 2.44. The van der Waals surface area contributed by atoms with Gasteiger partial charge in [0.2, 0.25) is 0 Å². The van der Waals surface area contributed by atoms with E-state index in [0.29, 0.717) is 34.9 Å². The van der Waals surface area contributed by atoms with Gasteiger partial charge in [0.25, 0.3) is 0 Å². The minimum absolute atomic E-state index is 0.0488. The van der Waals surface area contributed by atoms with Crippen molar-refractivity contribution in [2.75, 3.05) is 46.1 Å². The van der Waals surface area contributed by atoms with Gasteiger partial charge in [-0.2, -0.15) is 0 Å². The van der Waals surface area contributed by atoms with Crippen LogP contribution in [0.3, 0.4) is 0 Å². The van der Waals surface area contributed by atoms with E-state index in [1.165, 1.54) is 12.3 Å². The summed E-state index contributed by atoms with van der Waals surface area (Å²) in [5, 5.41) is 13.1. The van der Waals surface area contributed by atoms with Crippen LogP contribution < -0.4 is 5.32 Å². The minimum Gasteiger partial charge on any atom is -0.478 e. The van der Waals surface area contributed by atoms with Crippen molar-refractivity contribution in [3.05, 3.63) is 105 Å². The SMILES string of the molecule is C=C/C(C1=CN2C(=NC=C(C(=O)O)/C2=C/C)C(CN(C)C)=C1)=C(\C(=C(/C)C(C)C(C)C)c1c(C)c(NC)cc(F)c1F)N1CCCC1. The average molecular weight is 646 g/mol. The molecule has 1 unspecified atom stereocenters. The van der Waals surface area contributed by atoms with E-state index in [4.69, 9.17) is 0 Å². The third-order valence-corrected chi connectivity index (χ3v) is 9.46. The average Bonchev–Trinajstić information content (AvgIpc) is 3.57. The molecule has 1 fully saturated rings. The van der Waals surface area contributed by atoms with Gasteiger partial charge in [0.05, 0.1) is 11.4 Å². The zero-order valence-electron chi connectivity index (χ0n) is 29.3. The number of benzene rings is 1. The molecule has 1 saturated heterocycles. The number of fused-ring (bicyclic) bond motifs is 1. The number of allylic oxidation sites excluding steroid dienone is 7. The third kappa shape index (κ3) is 6.91. The number of aliphatic imine (C=N–C) groups is 1. The lowest BCUT2D eigenvalue weighted by atomic mass is 9.81. The molecule has 1 aromatic carbocycles. The molecule has 9 heteroatoms. The Morgan fingerprint density at radius 3 is 2.40 bits per heavy atom. The van der Waals surface area contributed by atoms with Crippen molar-refractivity contribution >= 4 is 23.1 Å². The number of rotatable bonds is 11. The second-order valence-electron chi connectivity index (χ2n) is 13.1. The minimum atomic E-state index is -1.07. The largest absolute Gasteiger partial charge is 0.478 e. The lowest BCUT2D eigenvalue weighted by Gasteiger charge is -2.36. The van der Waals surface area contributed by atoms with Gasteiger partial charge in [-0.15, -0.1) is 0 Å². The van der Waals surface area contributed by atoms with Gasteiger partial charge in [0.1, 0.15) is 11.4 Å². The summed E-state index contributed by atoms with van der Waals surface area (Å²) in [6, 6.07) is 1.21. The highest BCUT2D eigenvalue weighted by Gasteiger charge is 2.34. The molecule has 0 radical (unpaired) electrons. The molecule has 252 valence electrons. The Morgan fingerprint density at radius 2 is 1.87 bits per heavy atom. The first-order valence-corrected chi connectivity index (χ1v) is 16.3. The van der Waals surface area contributed by atoms with Crippen molar-refractivity contribution in [1.82, 2.24) is 14.7 Å². The van der Waals surface area contributed by atoms with Gasteiger partial charge in [-0.3, -0.25) is 0 Å². The van der Waals surface area contributed by atoms with Gasteiger partial charge in [-0.25, -0.2) is 18.6 Å². The Balaban J connectivity index is 2.17. The van der Waals surface area contributed by atoms with Crippen LogP contribution in [0.15, 0.2) is 87.5 Å². The quantitative estimate of drug-likeness (QED) is 0.239. The van der Waals surface area contributed by atoms with Gasteiger partial charge in [0.15, 0.2) is 11.6 Å². The number of aliphatic carboxylic acids is 1. The Bertz CT molecular complexity index is 1670. The first kappa shape index (κ1) is 35.6. The number of carboxylic acids is 1. The fraction of sp³-hybridized carbons (Fsp3) is 0.421. The third-order valence-electron chi connectivity index (χ3n) is 9.46. The lowest BCUT2D eigenvalue weighted by molar-refractivity contribution is -0.132. The standard InChI is InChI=1S/C38H49F2N5O2/c1-11-28(26-17-27(20-43(9)10)37-42-19-29(38(46)47)32(12-2)45(37)21-26)36(44-15-13-14-16-44)34(24(6)23(5)22(3)4)33-25(7)31(41-8)18-30(39)35(33)40/h11-12,17-19,21-23,41H,1,13-16,20H2,2-10H3,(H,46,47)/b32-12-,34-24+,36-28-. The normalized spacial score (nSPS) is 19.1. The van der Waals surface area contributed by atoms with Crippen LogP contribution in [0.25, 0.3) is 5.57 Å². The lowest BCUT2D eigenvalue weighted by Crippen LogP contribution is -2.37. The molecule has 0 amide bonds. The maximum absolute atomic E-state index is 16.3. The number of hydrogen-bond donors (Lipinski definition) is 2. The molecule has 3 aliphatic rings. The fourth-order valence-corrected chi connectivity index (χ4v) is 6.62. The molecule has 0 bridgehead atoms. The van der Waals surface area contributed by atoms with Crippen LogP contribution in [0.4, 0.5) is 14.5 Å². The number of nitrogens with zero attached hydrogens (tertiary/aromatic N) is 4. The van der Waals surface area contributed by atoms with Crippen LogP contribution >= 0.6 is 0 Å². The molecule has 0 saturated carbocycles. The van der Waals surface area contributed by atoms with Crippen LogP contribution in [0, 0.1) is 30.4 Å². The Labute approximate surface area is 278 Å². The van der Waals surface area contributed by atoms with Gasteiger partial charge >= 0.3 is 5.97 Å². The van der Waals surface area contributed by atoms with E-state index in [0.717, 1.165) is 53.9 Å². The summed E-state index contributed by atoms with van der Waals surface area (Å²) in [5.41, 5.74) is 6.78. The number of amidine groups is 1. The van der Waals surface area contributed by atoms with Crippen molar-refractivity contribution in [2.45, 2.75) is 54.4 Å². The molecule has 3 aliphatic heterocycles. The molecule has 0 spiro atoms. The Kier molecular flexibility index (Phi) is 11.1. The number of likely N-dealkylation sites (tertiary alicyclic amines) is 1. The molecule has 47 heavy (non-hydrogen) atoms. The monoisotopic (exact) mass is 645 g/mol. The summed E-state index contributed by atoms with van der Waals surface area (Å²) in [6.07, 6.45) is 10.8. The van der Waals surface area contributed by atoms with E-state index in [1.54, 1.807) is 26.1 Å². The number of nitrogens with one attached hydrogen (secondary N) is 1. The van der Waals surface area contributed by atoms with E-state index >= 15 is 8.78 Å². The summed E-state index contributed by atoms with van der Waals surface area (Å²) >= 11 is 0. The number of carbonyl (C=O) groups is 1. The fourth-order valence-electron chi connectivity index (χ4n) is 6.62. The van der Waals surface area contributed by atoms with Crippen molar-refractivity contribution < 1.29 is 18.7 Å². The molecule has 2 N–H and O–H groups in total. The molecule has 7 nitrogen and oxygen atoms in total. The zero-order valence-corrected chi connectivity index (χ0v) is 29.3.